The molecule has 0 spiro atoms. The molecule has 1 saturated heterocycles. The maximum Gasteiger partial charge on any atom is 0.255 e. The van der Waals surface area contributed by atoms with Crippen LogP contribution in [-0.4, -0.2) is 71.4 Å². The molecule has 0 aliphatic carbocycles. The van der Waals surface area contributed by atoms with Crippen molar-refractivity contribution >= 4 is 35.0 Å². The summed E-state index contributed by atoms with van der Waals surface area (Å²) in [5.74, 6) is -0.724. The second-order valence-electron chi connectivity index (χ2n) is 8.10. The van der Waals surface area contributed by atoms with Gasteiger partial charge in [-0.2, -0.15) is 4.98 Å². The molecule has 11 heteroatoms. The van der Waals surface area contributed by atoms with Gasteiger partial charge >= 0.3 is 0 Å². The van der Waals surface area contributed by atoms with Crippen molar-refractivity contribution in [3.8, 4) is 5.75 Å². The Balaban J connectivity index is 1.41. The molecular formula is C24H26FN7O3. The first-order chi connectivity index (χ1) is 16.9. The van der Waals surface area contributed by atoms with E-state index >= 15 is 0 Å². The molecule has 3 aromatic rings. The standard InChI is InChI=1S/C24H26FN7O3/c1-31-9-11-32(12-10-31)23(34)16-5-7-17(8-6-16)29-24-27-14-20(25)22(30-24)28-18-3-2-4-19(13-18)35-15-21(26)33/h2-8,13-14H,9-12,15H2,1H3,(H2,26,33)(H2,27,28,29,30). The number of benzene rings is 2. The summed E-state index contributed by atoms with van der Waals surface area (Å²) in [6.07, 6.45) is 1.05. The Bertz CT molecular complexity index is 1200. The van der Waals surface area contributed by atoms with Gasteiger partial charge in [-0.1, -0.05) is 6.07 Å². The lowest BCUT2D eigenvalue weighted by Crippen LogP contribution is -2.47. The SMILES string of the molecule is CN1CCN(C(=O)c2ccc(Nc3ncc(F)c(Nc4cccc(OCC(N)=O)c4)n3)cc2)CC1. The average Bonchev–Trinajstić information content (AvgIpc) is 2.85. The Morgan fingerprint density at radius 1 is 1.06 bits per heavy atom. The number of amides is 2. The molecule has 0 bridgehead atoms. The summed E-state index contributed by atoms with van der Waals surface area (Å²) in [4.78, 5) is 35.8. The predicted molar refractivity (Wildman–Crippen MR) is 130 cm³/mol. The Morgan fingerprint density at radius 3 is 2.51 bits per heavy atom. The number of carbonyl (C=O) groups is 2. The minimum Gasteiger partial charge on any atom is -0.484 e. The van der Waals surface area contributed by atoms with Gasteiger partial charge in [0, 0.05) is 49.2 Å². The number of aromatic nitrogens is 2. The molecule has 2 heterocycles. The van der Waals surface area contributed by atoms with Gasteiger partial charge in [-0.25, -0.2) is 9.37 Å². The summed E-state index contributed by atoms with van der Waals surface area (Å²) in [6.45, 7) is 2.85. The van der Waals surface area contributed by atoms with Crippen LogP contribution in [0.2, 0.25) is 0 Å². The van der Waals surface area contributed by atoms with Gasteiger partial charge in [0.2, 0.25) is 5.95 Å². The molecule has 0 unspecified atom stereocenters. The zero-order valence-corrected chi connectivity index (χ0v) is 19.2. The maximum absolute atomic E-state index is 14.3. The fraction of sp³-hybridized carbons (Fsp3) is 0.250. The molecule has 4 rings (SSSR count). The lowest BCUT2D eigenvalue weighted by atomic mass is 10.1. The number of hydrogen-bond acceptors (Lipinski definition) is 8. The van der Waals surface area contributed by atoms with Crippen LogP contribution in [0.1, 0.15) is 10.4 Å². The molecule has 1 aliphatic rings. The van der Waals surface area contributed by atoms with Crippen LogP contribution < -0.4 is 21.1 Å². The maximum atomic E-state index is 14.3. The van der Waals surface area contributed by atoms with E-state index in [0.717, 1.165) is 19.3 Å². The monoisotopic (exact) mass is 479 g/mol. The lowest BCUT2D eigenvalue weighted by molar-refractivity contribution is -0.119. The van der Waals surface area contributed by atoms with Gasteiger partial charge in [0.1, 0.15) is 5.75 Å². The Hall–Kier alpha value is -4.25. The van der Waals surface area contributed by atoms with Gasteiger partial charge in [-0.15, -0.1) is 0 Å². The molecule has 182 valence electrons. The molecule has 2 amide bonds. The number of likely N-dealkylation sites (N-methyl/N-ethyl adjacent to an activating group) is 1. The number of nitrogens with zero attached hydrogens (tertiary/aromatic N) is 4. The van der Waals surface area contributed by atoms with Gasteiger partial charge in [0.15, 0.2) is 18.2 Å². The summed E-state index contributed by atoms with van der Waals surface area (Å²) in [5, 5.41) is 5.89. The van der Waals surface area contributed by atoms with Crippen LogP contribution in [0.3, 0.4) is 0 Å². The van der Waals surface area contributed by atoms with E-state index in [0.29, 0.717) is 35.8 Å². The molecule has 10 nitrogen and oxygen atoms in total. The van der Waals surface area contributed by atoms with Gasteiger partial charge < -0.3 is 30.9 Å². The van der Waals surface area contributed by atoms with Gasteiger partial charge in [0.25, 0.3) is 11.8 Å². The van der Waals surface area contributed by atoms with Crippen molar-refractivity contribution in [2.75, 3.05) is 50.5 Å². The number of hydrogen-bond donors (Lipinski definition) is 3. The highest BCUT2D eigenvalue weighted by molar-refractivity contribution is 5.94. The fourth-order valence-electron chi connectivity index (χ4n) is 3.49. The minimum absolute atomic E-state index is 0.00351. The van der Waals surface area contributed by atoms with Crippen LogP contribution in [0.15, 0.2) is 54.7 Å². The number of nitrogens with two attached hydrogens (primary N) is 1. The van der Waals surface area contributed by atoms with E-state index in [1.165, 1.54) is 0 Å². The number of anilines is 4. The zero-order chi connectivity index (χ0) is 24.8. The van der Waals surface area contributed by atoms with Crippen LogP contribution >= 0.6 is 0 Å². The molecule has 1 fully saturated rings. The highest BCUT2D eigenvalue weighted by Crippen LogP contribution is 2.24. The number of nitrogens with one attached hydrogen (secondary N) is 2. The van der Waals surface area contributed by atoms with Crippen LogP contribution in [-0.2, 0) is 4.79 Å². The molecule has 1 aromatic heterocycles. The largest absolute Gasteiger partial charge is 0.484 e. The van der Waals surface area contributed by atoms with Gasteiger partial charge in [-0.3, -0.25) is 9.59 Å². The Labute approximate surface area is 201 Å². The van der Waals surface area contributed by atoms with Crippen molar-refractivity contribution in [1.82, 2.24) is 19.8 Å². The van der Waals surface area contributed by atoms with E-state index < -0.39 is 11.7 Å². The Morgan fingerprint density at radius 2 is 1.80 bits per heavy atom. The van der Waals surface area contributed by atoms with E-state index in [-0.39, 0.29) is 24.3 Å². The fourth-order valence-corrected chi connectivity index (χ4v) is 3.49. The second-order valence-corrected chi connectivity index (χ2v) is 8.10. The lowest BCUT2D eigenvalue weighted by Gasteiger charge is -2.32. The number of piperazine rings is 1. The normalized spacial score (nSPS) is 13.8. The Kier molecular flexibility index (Phi) is 7.36. The summed E-state index contributed by atoms with van der Waals surface area (Å²) in [6, 6.07) is 13.6. The molecule has 4 N–H and O–H groups in total. The number of halogens is 1. The van der Waals surface area contributed by atoms with Crippen molar-refractivity contribution in [2.45, 2.75) is 0 Å². The van der Waals surface area contributed by atoms with Crippen LogP contribution in [0.25, 0.3) is 0 Å². The van der Waals surface area contributed by atoms with Crippen molar-refractivity contribution in [3.63, 3.8) is 0 Å². The third kappa shape index (κ3) is 6.42. The van der Waals surface area contributed by atoms with Crippen molar-refractivity contribution < 1.29 is 18.7 Å². The predicted octanol–water partition coefficient (Wildman–Crippen LogP) is 2.35. The number of carbonyl (C=O) groups excluding carboxylic acids is 2. The highest BCUT2D eigenvalue weighted by Gasteiger charge is 2.20. The van der Waals surface area contributed by atoms with Gasteiger partial charge in [-0.05, 0) is 43.4 Å². The molecule has 0 atom stereocenters. The third-order valence-corrected chi connectivity index (χ3v) is 5.40. The number of primary amides is 1. The van der Waals surface area contributed by atoms with Crippen LogP contribution in [0.5, 0.6) is 5.75 Å². The number of rotatable bonds is 8. The summed E-state index contributed by atoms with van der Waals surface area (Å²) < 4.78 is 19.6. The topological polar surface area (TPSA) is 126 Å². The van der Waals surface area contributed by atoms with E-state index in [2.05, 4.69) is 25.5 Å². The van der Waals surface area contributed by atoms with E-state index in [9.17, 15) is 14.0 Å². The van der Waals surface area contributed by atoms with E-state index in [4.69, 9.17) is 10.5 Å². The quantitative estimate of drug-likeness (QED) is 0.450. The minimum atomic E-state index is -0.646. The smallest absolute Gasteiger partial charge is 0.255 e. The van der Waals surface area contributed by atoms with E-state index in [1.54, 1.807) is 48.5 Å². The first-order valence-electron chi connectivity index (χ1n) is 11.0. The van der Waals surface area contributed by atoms with Crippen LogP contribution in [0, 0.1) is 5.82 Å². The second kappa shape index (κ2) is 10.8. The van der Waals surface area contributed by atoms with Gasteiger partial charge in [0.05, 0.1) is 6.20 Å². The summed E-state index contributed by atoms with van der Waals surface area (Å²) in [5.41, 5.74) is 6.84. The molecule has 1 aliphatic heterocycles. The summed E-state index contributed by atoms with van der Waals surface area (Å²) >= 11 is 0. The zero-order valence-electron chi connectivity index (χ0n) is 19.2. The summed E-state index contributed by atoms with van der Waals surface area (Å²) in [7, 11) is 2.04. The van der Waals surface area contributed by atoms with E-state index in [1.807, 2.05) is 11.9 Å². The molecule has 2 aromatic carbocycles. The first-order valence-corrected chi connectivity index (χ1v) is 11.0. The van der Waals surface area contributed by atoms with Crippen LogP contribution in [0.4, 0.5) is 27.5 Å². The molecule has 0 saturated carbocycles. The first kappa shape index (κ1) is 23.9. The molecule has 35 heavy (non-hydrogen) atoms. The molecule has 0 radical (unpaired) electrons. The average molecular weight is 480 g/mol. The third-order valence-electron chi connectivity index (χ3n) is 5.40. The highest BCUT2D eigenvalue weighted by atomic mass is 19.1. The molecular weight excluding hydrogens is 453 g/mol. The number of ether oxygens (including phenoxy) is 1. The van der Waals surface area contributed by atoms with Crippen molar-refractivity contribution in [3.05, 3.63) is 66.1 Å². The van der Waals surface area contributed by atoms with Crippen molar-refractivity contribution in [2.24, 2.45) is 5.73 Å². The van der Waals surface area contributed by atoms with Crippen molar-refractivity contribution in [1.29, 1.82) is 0 Å².